The van der Waals surface area contributed by atoms with Gasteiger partial charge in [-0.3, -0.25) is 9.59 Å². The van der Waals surface area contributed by atoms with Crippen molar-refractivity contribution >= 4 is 27.8 Å². The molecule has 2 aromatic carbocycles. The van der Waals surface area contributed by atoms with E-state index in [2.05, 4.69) is 10.3 Å². The van der Waals surface area contributed by atoms with Crippen molar-refractivity contribution in [2.75, 3.05) is 6.54 Å². The van der Waals surface area contributed by atoms with Crippen molar-refractivity contribution in [3.63, 3.8) is 0 Å². The molecule has 0 aliphatic heterocycles. The summed E-state index contributed by atoms with van der Waals surface area (Å²) in [6.45, 7) is 4.23. The zero-order valence-electron chi connectivity index (χ0n) is 20.6. The normalized spacial score (nSPS) is 11.1. The van der Waals surface area contributed by atoms with Crippen LogP contribution in [-0.4, -0.2) is 43.8 Å². The summed E-state index contributed by atoms with van der Waals surface area (Å²) >= 11 is 0. The van der Waals surface area contributed by atoms with Gasteiger partial charge in [0, 0.05) is 18.3 Å². The second-order valence-corrected chi connectivity index (χ2v) is 9.91. The van der Waals surface area contributed by atoms with Crippen molar-refractivity contribution in [2.45, 2.75) is 44.1 Å². The molecule has 1 heterocycles. The lowest BCUT2D eigenvalue weighted by molar-refractivity contribution is 0.0277. The Labute approximate surface area is 216 Å². The van der Waals surface area contributed by atoms with Crippen molar-refractivity contribution in [3.05, 3.63) is 95.3 Å². The van der Waals surface area contributed by atoms with Crippen LogP contribution in [0.15, 0.2) is 77.8 Å². The second-order valence-electron chi connectivity index (χ2n) is 8.23. The molecule has 0 bridgehead atoms. The first-order chi connectivity index (χ1) is 17.7. The van der Waals surface area contributed by atoms with E-state index in [0.717, 1.165) is 11.8 Å². The molecule has 0 spiro atoms. The van der Waals surface area contributed by atoms with Gasteiger partial charge >= 0.3 is 5.97 Å². The molecular weight excluding hydrogens is 494 g/mol. The summed E-state index contributed by atoms with van der Waals surface area (Å²) in [5, 5.41) is 2.79. The van der Waals surface area contributed by atoms with E-state index < -0.39 is 21.9 Å². The van der Waals surface area contributed by atoms with Crippen LogP contribution in [0, 0.1) is 0 Å². The van der Waals surface area contributed by atoms with Crippen molar-refractivity contribution in [1.82, 2.24) is 15.0 Å². The topological polar surface area (TPSA) is 132 Å². The number of pyridine rings is 1. The van der Waals surface area contributed by atoms with Gasteiger partial charge in [-0.15, -0.1) is 0 Å². The van der Waals surface area contributed by atoms with Crippen LogP contribution < -0.4 is 10.0 Å². The van der Waals surface area contributed by atoms with E-state index in [-0.39, 0.29) is 28.2 Å². The molecule has 0 atom stereocenters. The minimum atomic E-state index is -4.20. The monoisotopic (exact) mass is 523 g/mol. The molecule has 0 saturated carbocycles. The molecule has 1 aromatic heterocycles. The zero-order valence-corrected chi connectivity index (χ0v) is 21.5. The molecule has 0 aliphatic carbocycles. The first-order valence-electron chi connectivity index (χ1n) is 11.9. The van der Waals surface area contributed by atoms with Gasteiger partial charge in [-0.25, -0.2) is 22.9 Å². The summed E-state index contributed by atoms with van der Waals surface area (Å²) < 4.78 is 32.6. The van der Waals surface area contributed by atoms with Crippen molar-refractivity contribution in [3.8, 4) is 0 Å². The van der Waals surface area contributed by atoms with Gasteiger partial charge in [-0.2, -0.15) is 0 Å². The van der Waals surface area contributed by atoms with Crippen LogP contribution in [0.3, 0.4) is 0 Å². The number of benzene rings is 2. The smallest absolute Gasteiger partial charge is 0.357 e. The minimum Gasteiger partial charge on any atom is -0.458 e. The van der Waals surface area contributed by atoms with E-state index in [1.165, 1.54) is 36.4 Å². The number of ether oxygens (including phenoxy) is 1. The predicted molar refractivity (Wildman–Crippen MR) is 138 cm³/mol. The quantitative estimate of drug-likeness (QED) is 0.368. The maximum atomic E-state index is 12.7. The molecular formula is C27H29N3O6S. The number of nitrogens with zero attached hydrogens (tertiary/aromatic N) is 1. The van der Waals surface area contributed by atoms with Gasteiger partial charge < -0.3 is 10.1 Å². The molecule has 0 saturated heterocycles. The number of esters is 1. The molecule has 194 valence electrons. The highest BCUT2D eigenvalue weighted by atomic mass is 32.2. The molecule has 0 unspecified atom stereocenters. The van der Waals surface area contributed by atoms with Crippen LogP contribution in [0.2, 0.25) is 0 Å². The van der Waals surface area contributed by atoms with E-state index >= 15 is 0 Å². The maximum absolute atomic E-state index is 12.7. The van der Waals surface area contributed by atoms with Crippen LogP contribution in [0.4, 0.5) is 0 Å². The lowest BCUT2D eigenvalue weighted by Gasteiger charge is -2.13. The zero-order chi connectivity index (χ0) is 26.8. The summed E-state index contributed by atoms with van der Waals surface area (Å²) in [5.74, 6) is -1.86. The predicted octanol–water partition coefficient (Wildman–Crippen LogP) is 3.52. The fraction of sp³-hybridized carbons (Fsp3) is 0.259. The number of rotatable bonds is 11. The van der Waals surface area contributed by atoms with Crippen LogP contribution in [-0.2, 0) is 21.2 Å². The molecule has 0 radical (unpaired) electrons. The third-order valence-electron chi connectivity index (χ3n) is 5.62. The Kier molecular flexibility index (Phi) is 9.51. The fourth-order valence-corrected chi connectivity index (χ4v) is 4.38. The molecule has 3 aromatic rings. The van der Waals surface area contributed by atoms with Crippen molar-refractivity contribution in [2.24, 2.45) is 0 Å². The number of sulfonamides is 1. The Bertz CT molecular complexity index is 1320. The lowest BCUT2D eigenvalue weighted by Crippen LogP contribution is -2.31. The standard InChI is InChI=1S/C27H29N3O6S/c1-3-22(4-2)36-27(33)24-15-12-21(18-29-24)26(32)30-37(34,35)23-13-10-20(11-14-23)25(31)28-17-16-19-8-6-5-7-9-19/h5-15,18,22H,3-4,16-17H2,1-2H3,(H,28,31)(H,30,32). The molecule has 0 fully saturated rings. The van der Waals surface area contributed by atoms with Crippen LogP contribution in [0.5, 0.6) is 0 Å². The molecule has 2 amide bonds. The second kappa shape index (κ2) is 12.8. The highest BCUT2D eigenvalue weighted by Gasteiger charge is 2.21. The highest BCUT2D eigenvalue weighted by molar-refractivity contribution is 7.90. The first-order valence-corrected chi connectivity index (χ1v) is 13.4. The summed E-state index contributed by atoms with van der Waals surface area (Å²) in [7, 11) is -4.20. The average molecular weight is 524 g/mol. The maximum Gasteiger partial charge on any atom is 0.357 e. The van der Waals surface area contributed by atoms with Crippen molar-refractivity contribution in [1.29, 1.82) is 0 Å². The van der Waals surface area contributed by atoms with Crippen molar-refractivity contribution < 1.29 is 27.5 Å². The summed E-state index contributed by atoms with van der Waals surface area (Å²) in [4.78, 5) is 40.7. The SMILES string of the molecule is CCC(CC)OC(=O)c1ccc(C(=O)NS(=O)(=O)c2ccc(C(=O)NCCc3ccccc3)cc2)cn1. The number of nitrogens with one attached hydrogen (secondary N) is 2. The van der Waals surface area contributed by atoms with Gasteiger partial charge in [0.1, 0.15) is 11.8 Å². The number of amides is 2. The lowest BCUT2D eigenvalue weighted by atomic mass is 10.1. The summed E-state index contributed by atoms with van der Waals surface area (Å²) in [6, 6.07) is 17.5. The van der Waals surface area contributed by atoms with Crippen LogP contribution in [0.1, 0.15) is 63.5 Å². The van der Waals surface area contributed by atoms with E-state index in [4.69, 9.17) is 4.74 Å². The van der Waals surface area contributed by atoms with Gasteiger partial charge in [0.15, 0.2) is 0 Å². The Morgan fingerprint density at radius 1 is 0.865 bits per heavy atom. The Balaban J connectivity index is 1.57. The minimum absolute atomic E-state index is 0.0175. The molecule has 37 heavy (non-hydrogen) atoms. The first kappa shape index (κ1) is 27.5. The van der Waals surface area contributed by atoms with Crippen LogP contribution >= 0.6 is 0 Å². The molecule has 9 nitrogen and oxygen atoms in total. The van der Waals surface area contributed by atoms with Gasteiger partial charge in [0.05, 0.1) is 10.5 Å². The van der Waals surface area contributed by atoms with Gasteiger partial charge in [0.2, 0.25) is 0 Å². The third kappa shape index (κ3) is 7.71. The Morgan fingerprint density at radius 3 is 2.11 bits per heavy atom. The number of hydrogen-bond acceptors (Lipinski definition) is 7. The number of hydrogen-bond donors (Lipinski definition) is 2. The van der Waals surface area contributed by atoms with Gasteiger partial charge in [-0.05, 0) is 61.2 Å². The summed E-state index contributed by atoms with van der Waals surface area (Å²) in [6.07, 6.45) is 2.88. The molecule has 10 heteroatoms. The highest BCUT2D eigenvalue weighted by Crippen LogP contribution is 2.13. The van der Waals surface area contributed by atoms with E-state index in [0.29, 0.717) is 31.4 Å². The van der Waals surface area contributed by atoms with E-state index in [1.807, 2.05) is 48.9 Å². The van der Waals surface area contributed by atoms with Gasteiger partial charge in [-0.1, -0.05) is 44.2 Å². The number of carbonyl (C=O) groups is 3. The fourth-order valence-electron chi connectivity index (χ4n) is 3.41. The average Bonchev–Trinajstić information content (AvgIpc) is 2.92. The van der Waals surface area contributed by atoms with Gasteiger partial charge in [0.25, 0.3) is 21.8 Å². The van der Waals surface area contributed by atoms with Crippen LogP contribution in [0.25, 0.3) is 0 Å². The number of carbonyl (C=O) groups excluding carboxylic acids is 3. The summed E-state index contributed by atoms with van der Waals surface area (Å²) in [5.41, 5.74) is 1.35. The number of aromatic nitrogens is 1. The molecule has 3 rings (SSSR count). The Hall–Kier alpha value is -4.05. The molecule has 2 N–H and O–H groups in total. The Morgan fingerprint density at radius 2 is 1.51 bits per heavy atom. The third-order valence-corrected chi connectivity index (χ3v) is 6.96. The van der Waals surface area contributed by atoms with E-state index in [1.54, 1.807) is 0 Å². The largest absolute Gasteiger partial charge is 0.458 e. The molecule has 0 aliphatic rings. The van der Waals surface area contributed by atoms with E-state index in [9.17, 15) is 22.8 Å².